The molecule has 2 bridgehead atoms. The fraction of sp³-hybridized carbons (Fsp3) is 0.556. The van der Waals surface area contributed by atoms with Crippen LogP contribution in [0.3, 0.4) is 0 Å². The molecule has 4 aliphatic carbocycles. The van der Waals surface area contributed by atoms with E-state index in [0.29, 0.717) is 11.8 Å². The van der Waals surface area contributed by atoms with E-state index >= 15 is 0 Å². The van der Waals surface area contributed by atoms with Crippen LogP contribution in [0.2, 0.25) is 0 Å². The van der Waals surface area contributed by atoms with Crippen molar-refractivity contribution in [2.75, 3.05) is 5.32 Å². The Morgan fingerprint density at radius 1 is 0.844 bits per heavy atom. The van der Waals surface area contributed by atoms with Gasteiger partial charge in [0, 0.05) is 29.3 Å². The standard InChI is InChI=1S/C26H28N2O3.CH4/c29-24-20-17-10-11-18(13-17)21(20)25(30)22(24)14-6-8-16(9-7-14)26(31)28-19-5-1-3-15-4-2-12-27-23(15)19;/h1-5,12,14,16-18,20-22H,6-11,13H2,(H,28,31);1H4/t14?,16?,17-,18+,20-,21+,22?;. The molecule has 5 nitrogen and oxygen atoms in total. The van der Waals surface area contributed by atoms with E-state index < -0.39 is 0 Å². The van der Waals surface area contributed by atoms with Crippen molar-refractivity contribution in [1.29, 1.82) is 0 Å². The van der Waals surface area contributed by atoms with Gasteiger partial charge >= 0.3 is 0 Å². The number of carbonyl (C=O) groups is 3. The topological polar surface area (TPSA) is 76.1 Å². The van der Waals surface area contributed by atoms with Crippen molar-refractivity contribution in [2.45, 2.75) is 52.4 Å². The van der Waals surface area contributed by atoms with Gasteiger partial charge < -0.3 is 5.32 Å². The van der Waals surface area contributed by atoms with E-state index in [4.69, 9.17) is 0 Å². The van der Waals surface area contributed by atoms with Crippen LogP contribution in [0.4, 0.5) is 5.69 Å². The fourth-order valence-corrected chi connectivity index (χ4v) is 7.28. The van der Waals surface area contributed by atoms with Gasteiger partial charge in [-0.3, -0.25) is 19.4 Å². The Bertz CT molecular complexity index is 1040. The van der Waals surface area contributed by atoms with Crippen molar-refractivity contribution in [1.82, 2.24) is 4.98 Å². The summed E-state index contributed by atoms with van der Waals surface area (Å²) in [6.45, 7) is 0. The molecule has 1 aromatic heterocycles. The molecule has 1 unspecified atom stereocenters. The van der Waals surface area contributed by atoms with Crippen LogP contribution >= 0.6 is 0 Å². The maximum absolute atomic E-state index is 13.2. The molecule has 2 aromatic rings. The smallest absolute Gasteiger partial charge is 0.227 e. The summed E-state index contributed by atoms with van der Waals surface area (Å²) in [7, 11) is 0. The lowest BCUT2D eigenvalue weighted by molar-refractivity contribution is -0.132. The summed E-state index contributed by atoms with van der Waals surface area (Å²) in [5.41, 5.74) is 1.55. The highest BCUT2D eigenvalue weighted by Gasteiger charge is 2.62. The van der Waals surface area contributed by atoms with Crippen molar-refractivity contribution in [3.8, 4) is 0 Å². The van der Waals surface area contributed by atoms with Gasteiger partial charge in [-0.15, -0.1) is 0 Å². The van der Waals surface area contributed by atoms with Crippen LogP contribution in [0.5, 0.6) is 0 Å². The second kappa shape index (κ2) is 8.09. The van der Waals surface area contributed by atoms with Gasteiger partial charge in [-0.25, -0.2) is 0 Å². The molecule has 0 radical (unpaired) electrons. The molecular weight excluding hydrogens is 400 g/mol. The number of para-hydroxylation sites is 1. The number of ketones is 2. The highest BCUT2D eigenvalue weighted by Crippen LogP contribution is 2.59. The van der Waals surface area contributed by atoms with Gasteiger partial charge in [0.05, 0.1) is 17.1 Å². The quantitative estimate of drug-likeness (QED) is 0.689. The number of anilines is 1. The highest BCUT2D eigenvalue weighted by atomic mass is 16.2. The monoisotopic (exact) mass is 432 g/mol. The number of aromatic nitrogens is 1. The van der Waals surface area contributed by atoms with Crippen LogP contribution in [0, 0.1) is 41.4 Å². The second-order valence-electron chi connectivity index (χ2n) is 10.1. The van der Waals surface area contributed by atoms with Gasteiger partial charge in [0.15, 0.2) is 0 Å². The normalized spacial score (nSPS) is 35.6. The Morgan fingerprint density at radius 3 is 2.16 bits per heavy atom. The van der Waals surface area contributed by atoms with Gasteiger partial charge in [-0.1, -0.05) is 25.6 Å². The summed E-state index contributed by atoms with van der Waals surface area (Å²) in [4.78, 5) is 43.7. The summed E-state index contributed by atoms with van der Waals surface area (Å²) in [6.07, 6.45) is 8.17. The Hall–Kier alpha value is -2.56. The van der Waals surface area contributed by atoms with Gasteiger partial charge in [-0.2, -0.15) is 0 Å². The maximum Gasteiger partial charge on any atom is 0.227 e. The molecule has 0 saturated heterocycles. The van der Waals surface area contributed by atoms with Crippen LogP contribution < -0.4 is 5.32 Å². The molecule has 0 aliphatic heterocycles. The third-order valence-electron chi connectivity index (χ3n) is 8.69. The number of benzene rings is 1. The lowest BCUT2D eigenvalue weighted by Crippen LogP contribution is -2.34. The molecule has 1 N–H and O–H groups in total. The van der Waals surface area contributed by atoms with Gasteiger partial charge in [-0.05, 0) is 74.8 Å². The van der Waals surface area contributed by atoms with E-state index in [9.17, 15) is 14.4 Å². The number of rotatable bonds is 3. The Labute approximate surface area is 189 Å². The molecule has 5 atom stereocenters. The van der Waals surface area contributed by atoms with E-state index in [0.717, 1.165) is 61.5 Å². The molecule has 4 fully saturated rings. The first-order valence-electron chi connectivity index (χ1n) is 11.8. The second-order valence-corrected chi connectivity index (χ2v) is 10.1. The molecule has 1 aromatic carbocycles. The van der Waals surface area contributed by atoms with Crippen LogP contribution in [0.25, 0.3) is 10.9 Å². The summed E-state index contributed by atoms with van der Waals surface area (Å²) >= 11 is 0. The number of hydrogen-bond acceptors (Lipinski definition) is 4. The maximum atomic E-state index is 13.2. The number of hydrogen-bond donors (Lipinski definition) is 1. The predicted molar refractivity (Wildman–Crippen MR) is 124 cm³/mol. The Morgan fingerprint density at radius 2 is 1.47 bits per heavy atom. The van der Waals surface area contributed by atoms with Crippen LogP contribution in [0.1, 0.15) is 52.4 Å². The highest BCUT2D eigenvalue weighted by molar-refractivity contribution is 6.12. The Balaban J connectivity index is 0.00000216. The molecule has 32 heavy (non-hydrogen) atoms. The molecule has 1 heterocycles. The first-order valence-corrected chi connectivity index (χ1v) is 11.8. The summed E-state index contributed by atoms with van der Waals surface area (Å²) in [5.74, 6) is 1.17. The van der Waals surface area contributed by atoms with E-state index in [1.807, 2.05) is 30.3 Å². The number of nitrogens with zero attached hydrogens (tertiary/aromatic N) is 1. The summed E-state index contributed by atoms with van der Waals surface area (Å²) in [6, 6.07) is 9.68. The lowest BCUT2D eigenvalue weighted by atomic mass is 9.73. The average molecular weight is 433 g/mol. The van der Waals surface area contributed by atoms with Crippen molar-refractivity contribution in [3.05, 3.63) is 36.5 Å². The van der Waals surface area contributed by atoms with Crippen LogP contribution in [0.15, 0.2) is 36.5 Å². The van der Waals surface area contributed by atoms with Gasteiger partial charge in [0.1, 0.15) is 11.6 Å². The number of pyridine rings is 1. The van der Waals surface area contributed by atoms with Crippen LogP contribution in [-0.4, -0.2) is 22.5 Å². The fourth-order valence-electron chi connectivity index (χ4n) is 7.28. The predicted octanol–water partition coefficient (Wildman–Crippen LogP) is 5.05. The molecule has 168 valence electrons. The zero-order valence-electron chi connectivity index (χ0n) is 17.6. The summed E-state index contributed by atoms with van der Waals surface area (Å²) in [5, 5.41) is 4.08. The number of nitrogens with one attached hydrogen (secondary N) is 1. The first kappa shape index (κ1) is 21.3. The number of amides is 1. The first-order chi connectivity index (χ1) is 15.1. The average Bonchev–Trinajstić information content (AvgIpc) is 3.48. The summed E-state index contributed by atoms with van der Waals surface area (Å²) < 4.78 is 0. The van der Waals surface area contributed by atoms with Gasteiger partial charge in [0.2, 0.25) is 5.91 Å². The third-order valence-corrected chi connectivity index (χ3v) is 8.69. The van der Waals surface area contributed by atoms with Crippen molar-refractivity contribution in [2.24, 2.45) is 41.4 Å². The van der Waals surface area contributed by atoms with Gasteiger partial charge in [0.25, 0.3) is 0 Å². The molecule has 4 saturated carbocycles. The molecule has 5 heteroatoms. The number of Topliss-reactive ketones (excluding diaryl/α,β-unsaturated/α-hetero) is 2. The van der Waals surface area contributed by atoms with Crippen molar-refractivity contribution < 1.29 is 14.4 Å². The molecule has 4 aliphatic rings. The third kappa shape index (κ3) is 3.20. The Kier molecular flexibility index (Phi) is 5.39. The van der Waals surface area contributed by atoms with E-state index in [2.05, 4.69) is 10.3 Å². The van der Waals surface area contributed by atoms with E-state index in [1.165, 1.54) is 0 Å². The molecule has 0 spiro atoms. The van der Waals surface area contributed by atoms with E-state index in [-0.39, 0.29) is 54.5 Å². The van der Waals surface area contributed by atoms with E-state index in [1.54, 1.807) is 6.20 Å². The molecule has 1 amide bonds. The van der Waals surface area contributed by atoms with Crippen LogP contribution in [-0.2, 0) is 14.4 Å². The zero-order valence-corrected chi connectivity index (χ0v) is 17.6. The molecule has 6 rings (SSSR count). The lowest BCUT2D eigenvalue weighted by Gasteiger charge is -2.31. The minimum Gasteiger partial charge on any atom is -0.324 e. The van der Waals surface area contributed by atoms with Crippen molar-refractivity contribution >= 4 is 34.1 Å². The number of fused-ring (bicyclic) bond motifs is 6. The molecular formula is C27H32N2O3. The minimum absolute atomic E-state index is 0. The zero-order chi connectivity index (χ0) is 21.1. The number of carbonyl (C=O) groups excluding carboxylic acids is 3. The largest absolute Gasteiger partial charge is 0.324 e. The SMILES string of the molecule is C.O=C(Nc1cccc2cccnc12)C1CCC(C2C(=O)[C@@H]3[C@@H]4CC[C@@H](C4)[C@@H]3C2=O)CC1. The van der Waals surface area contributed by atoms with Crippen molar-refractivity contribution in [3.63, 3.8) is 0 Å². The minimum atomic E-state index is -0.385.